The molecule has 2 heterocycles. The zero-order valence-corrected chi connectivity index (χ0v) is 18.5. The van der Waals surface area contributed by atoms with E-state index in [9.17, 15) is 0 Å². The summed E-state index contributed by atoms with van der Waals surface area (Å²) in [6, 6.07) is 1.24. The van der Waals surface area contributed by atoms with Crippen molar-refractivity contribution < 1.29 is 4.74 Å². The summed E-state index contributed by atoms with van der Waals surface area (Å²) in [5, 5.41) is 5.10. The summed E-state index contributed by atoms with van der Waals surface area (Å²) in [7, 11) is 6.24. The topological polar surface area (TPSA) is 50.3 Å². The normalized spacial score (nSPS) is 26.0. The van der Waals surface area contributed by atoms with Crippen molar-refractivity contribution in [2.24, 2.45) is 0 Å². The van der Waals surface area contributed by atoms with Crippen LogP contribution in [-0.4, -0.2) is 54.3 Å². The largest absolute Gasteiger partial charge is 0.381 e. The van der Waals surface area contributed by atoms with Gasteiger partial charge in [0.05, 0.1) is 11.5 Å². The minimum atomic E-state index is 0.341. The van der Waals surface area contributed by atoms with Gasteiger partial charge in [-0.15, -0.1) is 11.3 Å². The predicted molar refractivity (Wildman–Crippen MR) is 118 cm³/mol. The van der Waals surface area contributed by atoms with Crippen molar-refractivity contribution in [2.45, 2.75) is 82.4 Å². The number of ether oxygens (including phenoxy) is 1. The Morgan fingerprint density at radius 3 is 2.68 bits per heavy atom. The molecule has 5 nitrogen and oxygen atoms in total. The first kappa shape index (κ1) is 20.0. The number of nitrogens with one attached hydrogen (secondary N) is 1. The average molecular weight is 403 g/mol. The minimum Gasteiger partial charge on any atom is -0.381 e. The number of hydrogen-bond acceptors (Lipinski definition) is 6. The summed E-state index contributed by atoms with van der Waals surface area (Å²) in [6.45, 7) is 2.22. The smallest absolute Gasteiger partial charge is 0.138 e. The van der Waals surface area contributed by atoms with Gasteiger partial charge in [-0.25, -0.2) is 9.97 Å². The van der Waals surface area contributed by atoms with E-state index in [0.717, 1.165) is 29.5 Å². The molecule has 0 radical (unpaired) electrons. The van der Waals surface area contributed by atoms with Crippen LogP contribution in [0.4, 0.5) is 5.82 Å². The Labute approximate surface area is 172 Å². The van der Waals surface area contributed by atoms with E-state index in [1.54, 1.807) is 6.33 Å². The van der Waals surface area contributed by atoms with Crippen molar-refractivity contribution in [3.05, 3.63) is 16.8 Å². The van der Waals surface area contributed by atoms with Gasteiger partial charge in [-0.2, -0.15) is 0 Å². The summed E-state index contributed by atoms with van der Waals surface area (Å²) in [6.07, 6.45) is 11.6. The van der Waals surface area contributed by atoms with E-state index in [0.29, 0.717) is 18.1 Å². The summed E-state index contributed by atoms with van der Waals surface area (Å²) >= 11 is 1.87. The van der Waals surface area contributed by atoms with Crippen LogP contribution in [0.15, 0.2) is 6.33 Å². The van der Waals surface area contributed by atoms with Gasteiger partial charge in [0.15, 0.2) is 0 Å². The first-order chi connectivity index (χ1) is 13.6. The van der Waals surface area contributed by atoms with Crippen LogP contribution >= 0.6 is 11.3 Å². The molecule has 0 bridgehead atoms. The van der Waals surface area contributed by atoms with Crippen LogP contribution in [0.3, 0.4) is 0 Å². The molecule has 28 heavy (non-hydrogen) atoms. The Morgan fingerprint density at radius 1 is 1.21 bits per heavy atom. The van der Waals surface area contributed by atoms with Gasteiger partial charge in [0.25, 0.3) is 0 Å². The highest BCUT2D eigenvalue weighted by Crippen LogP contribution is 2.47. The highest BCUT2D eigenvalue weighted by Gasteiger charge is 2.32. The fraction of sp³-hybridized carbons (Fsp3) is 0.727. The van der Waals surface area contributed by atoms with Crippen LogP contribution in [0.1, 0.15) is 68.2 Å². The lowest BCUT2D eigenvalue weighted by Gasteiger charge is -2.33. The highest BCUT2D eigenvalue weighted by atomic mass is 32.1. The molecule has 154 valence electrons. The van der Waals surface area contributed by atoms with Crippen molar-refractivity contribution in [3.63, 3.8) is 0 Å². The molecule has 0 saturated heterocycles. The first-order valence-corrected chi connectivity index (χ1v) is 11.6. The lowest BCUT2D eigenvalue weighted by atomic mass is 9.90. The van der Waals surface area contributed by atoms with Gasteiger partial charge in [0.1, 0.15) is 17.0 Å². The highest BCUT2D eigenvalue weighted by molar-refractivity contribution is 7.19. The zero-order valence-electron chi connectivity index (χ0n) is 17.7. The molecule has 2 aliphatic carbocycles. The SMILES string of the molecule is CCC(CC1CCc2sc3ncnc(NC4CCC(N(C)C)CC4)c3c21)OC. The van der Waals surface area contributed by atoms with Gasteiger partial charge in [-0.3, -0.25) is 0 Å². The maximum absolute atomic E-state index is 5.70. The van der Waals surface area contributed by atoms with Crippen LogP contribution in [0, 0.1) is 0 Å². The molecule has 6 heteroatoms. The first-order valence-electron chi connectivity index (χ1n) is 10.8. The monoisotopic (exact) mass is 402 g/mol. The molecule has 0 spiro atoms. The minimum absolute atomic E-state index is 0.341. The Balaban J connectivity index is 1.57. The molecule has 0 aromatic carbocycles. The quantitative estimate of drug-likeness (QED) is 0.719. The van der Waals surface area contributed by atoms with Crippen molar-refractivity contribution in [3.8, 4) is 0 Å². The number of rotatable bonds is 7. The lowest BCUT2D eigenvalue weighted by Crippen LogP contribution is -2.36. The van der Waals surface area contributed by atoms with Crippen molar-refractivity contribution in [1.29, 1.82) is 0 Å². The summed E-state index contributed by atoms with van der Waals surface area (Å²) in [5.74, 6) is 1.64. The molecule has 2 aromatic heterocycles. The Kier molecular flexibility index (Phi) is 6.18. The fourth-order valence-electron chi connectivity index (χ4n) is 5.09. The van der Waals surface area contributed by atoms with Gasteiger partial charge >= 0.3 is 0 Å². The number of fused-ring (bicyclic) bond motifs is 3. The molecule has 2 unspecified atom stereocenters. The van der Waals surface area contributed by atoms with E-state index >= 15 is 0 Å². The fourth-order valence-corrected chi connectivity index (χ4v) is 6.33. The maximum atomic E-state index is 5.70. The summed E-state index contributed by atoms with van der Waals surface area (Å²) in [5.41, 5.74) is 1.51. The maximum Gasteiger partial charge on any atom is 0.138 e. The number of aromatic nitrogens is 2. The van der Waals surface area contributed by atoms with Crippen molar-refractivity contribution in [1.82, 2.24) is 14.9 Å². The van der Waals surface area contributed by atoms with E-state index in [2.05, 4.69) is 36.2 Å². The number of anilines is 1. The average Bonchev–Trinajstić information content (AvgIpc) is 3.26. The Morgan fingerprint density at radius 2 is 2.00 bits per heavy atom. The third-order valence-corrected chi connectivity index (χ3v) is 8.01. The molecular formula is C22H34N4OS. The molecule has 1 N–H and O–H groups in total. The molecule has 4 rings (SSSR count). The van der Waals surface area contributed by atoms with Gasteiger partial charge < -0.3 is 15.0 Å². The van der Waals surface area contributed by atoms with E-state index in [-0.39, 0.29) is 0 Å². The Hall–Kier alpha value is -1.24. The van der Waals surface area contributed by atoms with Gasteiger partial charge in [0.2, 0.25) is 0 Å². The van der Waals surface area contributed by atoms with Crippen LogP contribution in [-0.2, 0) is 11.2 Å². The van der Waals surface area contributed by atoms with E-state index in [1.807, 2.05) is 18.4 Å². The number of aryl methyl sites for hydroxylation is 1. The lowest BCUT2D eigenvalue weighted by molar-refractivity contribution is 0.0858. The zero-order chi connectivity index (χ0) is 19.7. The number of hydrogen-bond donors (Lipinski definition) is 1. The molecule has 0 amide bonds. The van der Waals surface area contributed by atoms with E-state index in [4.69, 9.17) is 9.72 Å². The molecule has 2 aromatic rings. The van der Waals surface area contributed by atoms with Crippen LogP contribution < -0.4 is 5.32 Å². The van der Waals surface area contributed by atoms with Crippen LogP contribution in [0.25, 0.3) is 10.2 Å². The Bertz CT molecular complexity index is 793. The molecular weight excluding hydrogens is 368 g/mol. The molecule has 2 aliphatic rings. The molecule has 0 aliphatic heterocycles. The van der Waals surface area contributed by atoms with Crippen LogP contribution in [0.5, 0.6) is 0 Å². The number of methoxy groups -OCH3 is 1. The summed E-state index contributed by atoms with van der Waals surface area (Å²) < 4.78 is 5.70. The second-order valence-electron chi connectivity index (χ2n) is 8.69. The predicted octanol–water partition coefficient (Wildman–Crippen LogP) is 4.82. The molecule has 2 atom stereocenters. The third kappa shape index (κ3) is 3.91. The standard InChI is InChI=1S/C22H34N4OS/c1-5-17(27-4)12-14-6-11-18-19(14)20-21(23-13-24-22(20)28-18)25-15-7-9-16(10-8-15)26(2)3/h13-17H,5-12H2,1-4H3,(H,23,24,25). The second-order valence-corrected chi connectivity index (χ2v) is 9.78. The van der Waals surface area contributed by atoms with E-state index in [1.165, 1.54) is 54.4 Å². The molecule has 1 fully saturated rings. The van der Waals surface area contributed by atoms with Crippen LogP contribution in [0.2, 0.25) is 0 Å². The van der Waals surface area contributed by atoms with E-state index < -0.39 is 0 Å². The third-order valence-electron chi connectivity index (χ3n) is 6.83. The number of thiophene rings is 1. The van der Waals surface area contributed by atoms with Crippen molar-refractivity contribution in [2.75, 3.05) is 26.5 Å². The van der Waals surface area contributed by atoms with Gasteiger partial charge in [-0.1, -0.05) is 6.92 Å². The second kappa shape index (κ2) is 8.64. The summed E-state index contributed by atoms with van der Waals surface area (Å²) in [4.78, 5) is 14.4. The molecule has 1 saturated carbocycles. The van der Waals surface area contributed by atoms with Crippen molar-refractivity contribution >= 4 is 27.4 Å². The van der Waals surface area contributed by atoms with Gasteiger partial charge in [-0.05, 0) is 76.9 Å². The number of nitrogens with zero attached hydrogens (tertiary/aromatic N) is 3. The van der Waals surface area contributed by atoms with Gasteiger partial charge in [0, 0.05) is 24.1 Å².